The van der Waals surface area contributed by atoms with Crippen molar-refractivity contribution in [2.75, 3.05) is 26.3 Å². The van der Waals surface area contributed by atoms with Gasteiger partial charge in [0.25, 0.3) is 0 Å². The maximum absolute atomic E-state index is 11.9. The molecule has 0 N–H and O–H groups in total. The van der Waals surface area contributed by atoms with Gasteiger partial charge in [-0.1, -0.05) is 5.92 Å². The molecule has 0 radical (unpaired) electrons. The summed E-state index contributed by atoms with van der Waals surface area (Å²) >= 11 is 0. The first-order valence-electron chi connectivity index (χ1n) is 5.09. The Balaban J connectivity index is 2.48. The van der Waals surface area contributed by atoms with E-state index >= 15 is 0 Å². The quantitative estimate of drug-likeness (QED) is 0.626. The normalized spacial score (nSPS) is 17.4. The highest BCUT2D eigenvalue weighted by molar-refractivity contribution is 5.79. The van der Waals surface area contributed by atoms with Crippen molar-refractivity contribution in [2.45, 2.75) is 19.8 Å². The summed E-state index contributed by atoms with van der Waals surface area (Å²) < 4.78 is 5.21. The van der Waals surface area contributed by atoms with E-state index in [1.54, 1.807) is 4.90 Å². The summed E-state index contributed by atoms with van der Waals surface area (Å²) in [5, 5.41) is 0. The highest BCUT2D eigenvalue weighted by Gasteiger charge is 2.24. The molecule has 0 saturated carbocycles. The Labute approximate surface area is 85.4 Å². The van der Waals surface area contributed by atoms with Gasteiger partial charge in [0.2, 0.25) is 5.91 Å². The van der Waals surface area contributed by atoms with Gasteiger partial charge in [-0.25, -0.2) is 0 Å². The molecule has 0 aliphatic carbocycles. The van der Waals surface area contributed by atoms with Crippen LogP contribution in [0.1, 0.15) is 19.8 Å². The second-order valence-electron chi connectivity index (χ2n) is 3.44. The van der Waals surface area contributed by atoms with Crippen molar-refractivity contribution >= 4 is 5.91 Å². The second-order valence-corrected chi connectivity index (χ2v) is 3.44. The molecule has 1 heterocycles. The molecule has 1 saturated heterocycles. The minimum atomic E-state index is 0.122. The number of carbonyl (C=O) groups is 1. The third kappa shape index (κ3) is 2.74. The molecule has 1 rings (SSSR count). The fraction of sp³-hybridized carbons (Fsp3) is 0.727. The first-order chi connectivity index (χ1) is 6.79. The summed E-state index contributed by atoms with van der Waals surface area (Å²) in [6, 6.07) is 0. The Hall–Kier alpha value is -1.01. The zero-order valence-corrected chi connectivity index (χ0v) is 8.66. The fourth-order valence-corrected chi connectivity index (χ4v) is 1.66. The van der Waals surface area contributed by atoms with Crippen LogP contribution in [0.3, 0.4) is 0 Å². The maximum Gasteiger partial charge on any atom is 0.226 e. The SMILES string of the molecule is C#CCN(CC)C(=O)C1CCOCC1. The van der Waals surface area contributed by atoms with E-state index in [2.05, 4.69) is 5.92 Å². The van der Waals surface area contributed by atoms with Crippen LogP contribution in [0, 0.1) is 18.3 Å². The molecule has 1 amide bonds. The van der Waals surface area contributed by atoms with Crippen molar-refractivity contribution in [1.82, 2.24) is 4.90 Å². The highest BCUT2D eigenvalue weighted by Crippen LogP contribution is 2.17. The molecule has 78 valence electrons. The molecule has 0 spiro atoms. The lowest BCUT2D eigenvalue weighted by molar-refractivity contribution is -0.137. The van der Waals surface area contributed by atoms with E-state index in [0.717, 1.165) is 12.8 Å². The zero-order valence-electron chi connectivity index (χ0n) is 8.66. The monoisotopic (exact) mass is 195 g/mol. The summed E-state index contributed by atoms with van der Waals surface area (Å²) in [4.78, 5) is 13.6. The number of carbonyl (C=O) groups excluding carboxylic acids is 1. The van der Waals surface area contributed by atoms with Gasteiger partial charge in [0.05, 0.1) is 6.54 Å². The molecule has 3 heteroatoms. The highest BCUT2D eigenvalue weighted by atomic mass is 16.5. The van der Waals surface area contributed by atoms with Crippen LogP contribution < -0.4 is 0 Å². The molecule has 1 aliphatic heterocycles. The van der Waals surface area contributed by atoms with Crippen LogP contribution in [0.2, 0.25) is 0 Å². The standard InChI is InChI=1S/C11H17NO2/c1-3-7-12(4-2)11(13)10-5-8-14-9-6-10/h1,10H,4-9H2,2H3. The average Bonchev–Trinajstić information content (AvgIpc) is 2.26. The van der Waals surface area contributed by atoms with Crippen molar-refractivity contribution < 1.29 is 9.53 Å². The predicted molar refractivity (Wildman–Crippen MR) is 54.6 cm³/mol. The van der Waals surface area contributed by atoms with E-state index in [4.69, 9.17) is 11.2 Å². The first-order valence-corrected chi connectivity index (χ1v) is 5.09. The summed E-state index contributed by atoms with van der Waals surface area (Å²) in [6.07, 6.45) is 6.87. The van der Waals surface area contributed by atoms with Gasteiger partial charge in [-0.15, -0.1) is 6.42 Å². The van der Waals surface area contributed by atoms with Gasteiger partial charge >= 0.3 is 0 Å². The molecule has 0 unspecified atom stereocenters. The Bertz CT molecular complexity index is 226. The Morgan fingerprint density at radius 3 is 2.71 bits per heavy atom. The Kier molecular flexibility index (Phi) is 4.48. The fourth-order valence-electron chi connectivity index (χ4n) is 1.66. The molecule has 0 aromatic heterocycles. The average molecular weight is 195 g/mol. The van der Waals surface area contributed by atoms with Crippen molar-refractivity contribution in [3.63, 3.8) is 0 Å². The summed E-state index contributed by atoms with van der Waals surface area (Å²) in [7, 11) is 0. The molecule has 14 heavy (non-hydrogen) atoms. The van der Waals surface area contributed by atoms with Crippen LogP contribution in [0.25, 0.3) is 0 Å². The number of rotatable bonds is 3. The summed E-state index contributed by atoms with van der Waals surface area (Å²) in [6.45, 7) is 4.47. The van der Waals surface area contributed by atoms with Gasteiger partial charge in [0.1, 0.15) is 0 Å². The van der Waals surface area contributed by atoms with Crippen LogP contribution in [0.15, 0.2) is 0 Å². The molecule has 0 aromatic rings. The third-order valence-electron chi connectivity index (χ3n) is 2.55. The number of hydrogen-bond acceptors (Lipinski definition) is 2. The molecule has 1 aliphatic rings. The topological polar surface area (TPSA) is 29.5 Å². The molecule has 0 aromatic carbocycles. The lowest BCUT2D eigenvalue weighted by atomic mass is 9.98. The minimum absolute atomic E-state index is 0.122. The van der Waals surface area contributed by atoms with E-state index < -0.39 is 0 Å². The Morgan fingerprint density at radius 1 is 1.57 bits per heavy atom. The molecule has 0 bridgehead atoms. The first kappa shape index (κ1) is 11.1. The van der Waals surface area contributed by atoms with E-state index in [-0.39, 0.29) is 11.8 Å². The van der Waals surface area contributed by atoms with E-state index in [1.807, 2.05) is 6.92 Å². The minimum Gasteiger partial charge on any atom is -0.381 e. The van der Waals surface area contributed by atoms with E-state index in [1.165, 1.54) is 0 Å². The van der Waals surface area contributed by atoms with Crippen LogP contribution in [-0.2, 0) is 9.53 Å². The number of hydrogen-bond donors (Lipinski definition) is 0. The smallest absolute Gasteiger partial charge is 0.226 e. The van der Waals surface area contributed by atoms with Gasteiger partial charge in [0, 0.05) is 25.7 Å². The summed E-state index contributed by atoms with van der Waals surface area (Å²) in [5.74, 6) is 2.82. The zero-order chi connectivity index (χ0) is 10.4. The third-order valence-corrected chi connectivity index (χ3v) is 2.55. The van der Waals surface area contributed by atoms with Gasteiger partial charge in [0.15, 0.2) is 0 Å². The second kappa shape index (κ2) is 5.66. The van der Waals surface area contributed by atoms with Crippen LogP contribution in [-0.4, -0.2) is 37.1 Å². The Morgan fingerprint density at radius 2 is 2.21 bits per heavy atom. The van der Waals surface area contributed by atoms with Crippen molar-refractivity contribution in [3.05, 3.63) is 0 Å². The van der Waals surface area contributed by atoms with Crippen LogP contribution >= 0.6 is 0 Å². The molecule has 3 nitrogen and oxygen atoms in total. The lowest BCUT2D eigenvalue weighted by Gasteiger charge is -2.27. The van der Waals surface area contributed by atoms with E-state index in [9.17, 15) is 4.79 Å². The summed E-state index contributed by atoms with van der Waals surface area (Å²) in [5.41, 5.74) is 0. The maximum atomic E-state index is 11.9. The number of terminal acetylenes is 1. The van der Waals surface area contributed by atoms with E-state index in [0.29, 0.717) is 26.3 Å². The van der Waals surface area contributed by atoms with Crippen molar-refractivity contribution in [3.8, 4) is 12.3 Å². The predicted octanol–water partition coefficient (Wildman–Crippen LogP) is 0.895. The molecular formula is C11H17NO2. The van der Waals surface area contributed by atoms with Crippen molar-refractivity contribution in [1.29, 1.82) is 0 Å². The number of amides is 1. The number of nitrogens with zero attached hydrogens (tertiary/aromatic N) is 1. The van der Waals surface area contributed by atoms with Gasteiger partial charge in [-0.05, 0) is 19.8 Å². The molecule has 0 atom stereocenters. The van der Waals surface area contributed by atoms with Gasteiger partial charge < -0.3 is 9.64 Å². The van der Waals surface area contributed by atoms with Crippen LogP contribution in [0.4, 0.5) is 0 Å². The largest absolute Gasteiger partial charge is 0.381 e. The van der Waals surface area contributed by atoms with Crippen LogP contribution in [0.5, 0.6) is 0 Å². The molecule has 1 fully saturated rings. The van der Waals surface area contributed by atoms with Crippen molar-refractivity contribution in [2.24, 2.45) is 5.92 Å². The van der Waals surface area contributed by atoms with Gasteiger partial charge in [-0.3, -0.25) is 4.79 Å². The lowest BCUT2D eigenvalue weighted by Crippen LogP contribution is -2.38. The molecular weight excluding hydrogens is 178 g/mol. The van der Waals surface area contributed by atoms with Gasteiger partial charge in [-0.2, -0.15) is 0 Å². The number of ether oxygens (including phenoxy) is 1.